The van der Waals surface area contributed by atoms with Crippen LogP contribution < -0.4 is 4.74 Å². The quantitative estimate of drug-likeness (QED) is 0.375. The molecule has 0 aliphatic heterocycles. The smallest absolute Gasteiger partial charge is 0.119 e. The molecule has 5 aromatic rings. The molecular formula is C25H20N2O. The second kappa shape index (κ2) is 6.78. The fraction of sp³-hybridized carbons (Fsp3) is 0.0400. The number of hydrogen-bond acceptors (Lipinski definition) is 1. The summed E-state index contributed by atoms with van der Waals surface area (Å²) in [5, 5.41) is 1.15. The van der Waals surface area contributed by atoms with E-state index in [2.05, 4.69) is 82.9 Å². The normalized spacial score (nSPS) is 11.0. The first-order valence-electron chi connectivity index (χ1n) is 9.33. The monoisotopic (exact) mass is 364 g/mol. The lowest BCUT2D eigenvalue weighted by Gasteiger charge is -2.05. The van der Waals surface area contributed by atoms with Gasteiger partial charge in [0.1, 0.15) is 5.75 Å². The minimum atomic E-state index is 0.855. The largest absolute Gasteiger partial charge is 0.497 e. The number of fused-ring (bicyclic) bond motifs is 1. The third kappa shape index (κ3) is 2.78. The van der Waals surface area contributed by atoms with Gasteiger partial charge in [0, 0.05) is 33.9 Å². The Kier molecular flexibility index (Phi) is 3.99. The van der Waals surface area contributed by atoms with E-state index in [0.29, 0.717) is 0 Å². The molecule has 3 aromatic carbocycles. The molecule has 0 radical (unpaired) electrons. The molecule has 3 heteroatoms. The average Bonchev–Trinajstić information content (AvgIpc) is 3.38. The maximum Gasteiger partial charge on any atom is 0.119 e. The summed E-state index contributed by atoms with van der Waals surface area (Å²) < 4.78 is 5.45. The average molecular weight is 364 g/mol. The first-order chi connectivity index (χ1) is 13.8. The maximum atomic E-state index is 5.45. The van der Waals surface area contributed by atoms with Gasteiger partial charge in [-0.05, 0) is 35.4 Å². The SMILES string of the molecule is COc1ccc2[nH]cc(-c3cc(-c4ccccc4)[nH]c3-c3ccccc3)c2c1. The maximum absolute atomic E-state index is 5.45. The van der Waals surface area contributed by atoms with Gasteiger partial charge in [0.25, 0.3) is 0 Å². The Morgan fingerprint density at radius 3 is 2.14 bits per heavy atom. The highest BCUT2D eigenvalue weighted by Gasteiger charge is 2.16. The van der Waals surface area contributed by atoms with Gasteiger partial charge in [-0.15, -0.1) is 0 Å². The molecule has 0 fully saturated rings. The molecule has 0 aliphatic rings. The topological polar surface area (TPSA) is 40.8 Å². The van der Waals surface area contributed by atoms with E-state index in [1.807, 2.05) is 18.2 Å². The highest BCUT2D eigenvalue weighted by atomic mass is 16.5. The predicted molar refractivity (Wildman–Crippen MR) is 116 cm³/mol. The van der Waals surface area contributed by atoms with Crippen LogP contribution in [0.5, 0.6) is 5.75 Å². The molecule has 0 atom stereocenters. The van der Waals surface area contributed by atoms with E-state index in [1.54, 1.807) is 7.11 Å². The Bertz CT molecular complexity index is 1230. The van der Waals surface area contributed by atoms with Crippen LogP contribution in [0.1, 0.15) is 0 Å². The molecule has 2 aromatic heterocycles. The minimum Gasteiger partial charge on any atom is -0.497 e. The molecule has 5 rings (SSSR count). The lowest BCUT2D eigenvalue weighted by Crippen LogP contribution is -1.83. The van der Waals surface area contributed by atoms with Gasteiger partial charge < -0.3 is 14.7 Å². The van der Waals surface area contributed by atoms with Crippen molar-refractivity contribution in [3.63, 3.8) is 0 Å². The number of ether oxygens (including phenoxy) is 1. The first kappa shape index (κ1) is 16.5. The summed E-state index contributed by atoms with van der Waals surface area (Å²) in [6.45, 7) is 0. The third-order valence-corrected chi connectivity index (χ3v) is 5.14. The molecule has 2 N–H and O–H groups in total. The lowest BCUT2D eigenvalue weighted by atomic mass is 10.0. The van der Waals surface area contributed by atoms with Gasteiger partial charge in [-0.1, -0.05) is 60.7 Å². The number of methoxy groups -OCH3 is 1. The van der Waals surface area contributed by atoms with Crippen LogP contribution in [0.4, 0.5) is 0 Å². The van der Waals surface area contributed by atoms with Crippen LogP contribution in [-0.2, 0) is 0 Å². The number of nitrogens with one attached hydrogen (secondary N) is 2. The number of benzene rings is 3. The molecule has 3 nitrogen and oxygen atoms in total. The Balaban J connectivity index is 1.76. The Labute approximate surface area is 163 Å². The zero-order valence-electron chi connectivity index (χ0n) is 15.6. The third-order valence-electron chi connectivity index (χ3n) is 5.14. The van der Waals surface area contributed by atoms with Gasteiger partial charge in [-0.25, -0.2) is 0 Å². The Morgan fingerprint density at radius 1 is 0.714 bits per heavy atom. The van der Waals surface area contributed by atoms with Crippen LogP contribution in [0.15, 0.2) is 91.1 Å². The van der Waals surface area contributed by atoms with Crippen LogP contribution in [-0.4, -0.2) is 17.1 Å². The summed E-state index contributed by atoms with van der Waals surface area (Å²) in [5.74, 6) is 0.855. The predicted octanol–water partition coefficient (Wildman–Crippen LogP) is 6.51. The van der Waals surface area contributed by atoms with Crippen molar-refractivity contribution in [2.45, 2.75) is 0 Å². The molecule has 136 valence electrons. The van der Waals surface area contributed by atoms with Crippen molar-refractivity contribution in [1.29, 1.82) is 0 Å². The van der Waals surface area contributed by atoms with E-state index >= 15 is 0 Å². The number of aromatic amines is 2. The van der Waals surface area contributed by atoms with E-state index in [9.17, 15) is 0 Å². The highest BCUT2D eigenvalue weighted by Crippen LogP contribution is 2.39. The van der Waals surface area contributed by atoms with Crippen molar-refractivity contribution in [3.8, 4) is 39.4 Å². The molecule has 0 saturated heterocycles. The van der Waals surface area contributed by atoms with E-state index in [-0.39, 0.29) is 0 Å². The number of H-pyrrole nitrogens is 2. The standard InChI is InChI=1S/C25H20N2O/c1-28-19-12-13-23-20(14-19)22(16-26-23)21-15-24(17-8-4-2-5-9-17)27-25(21)18-10-6-3-7-11-18/h2-16,26-27H,1H3. The number of rotatable bonds is 4. The van der Waals surface area contributed by atoms with E-state index in [4.69, 9.17) is 4.74 Å². The Hall–Kier alpha value is -3.72. The zero-order valence-corrected chi connectivity index (χ0v) is 15.6. The highest BCUT2D eigenvalue weighted by molar-refractivity contribution is 6.01. The van der Waals surface area contributed by atoms with Crippen molar-refractivity contribution >= 4 is 10.9 Å². The van der Waals surface area contributed by atoms with Crippen LogP contribution in [0.2, 0.25) is 0 Å². The molecule has 0 unspecified atom stereocenters. The van der Waals surface area contributed by atoms with Crippen molar-refractivity contribution in [3.05, 3.63) is 91.1 Å². The van der Waals surface area contributed by atoms with Gasteiger partial charge in [0.05, 0.1) is 12.8 Å². The van der Waals surface area contributed by atoms with Crippen LogP contribution in [0.25, 0.3) is 44.5 Å². The van der Waals surface area contributed by atoms with Gasteiger partial charge in [0.2, 0.25) is 0 Å². The summed E-state index contributed by atoms with van der Waals surface area (Å²) in [6.07, 6.45) is 2.08. The van der Waals surface area contributed by atoms with Crippen LogP contribution in [0, 0.1) is 0 Å². The number of hydrogen-bond donors (Lipinski definition) is 2. The number of aromatic nitrogens is 2. The molecule has 0 aliphatic carbocycles. The Morgan fingerprint density at radius 2 is 1.43 bits per heavy atom. The van der Waals surface area contributed by atoms with Crippen molar-refractivity contribution in [1.82, 2.24) is 9.97 Å². The van der Waals surface area contributed by atoms with Gasteiger partial charge >= 0.3 is 0 Å². The summed E-state index contributed by atoms with van der Waals surface area (Å²) in [5.41, 5.74) is 7.98. The van der Waals surface area contributed by atoms with E-state index < -0.39 is 0 Å². The van der Waals surface area contributed by atoms with E-state index in [0.717, 1.165) is 39.2 Å². The second-order valence-electron chi connectivity index (χ2n) is 6.82. The van der Waals surface area contributed by atoms with Crippen LogP contribution in [0.3, 0.4) is 0 Å². The first-order valence-corrected chi connectivity index (χ1v) is 9.33. The lowest BCUT2D eigenvalue weighted by molar-refractivity contribution is 0.415. The summed E-state index contributed by atoms with van der Waals surface area (Å²) in [6, 6.07) is 29.2. The summed E-state index contributed by atoms with van der Waals surface area (Å²) >= 11 is 0. The van der Waals surface area contributed by atoms with Crippen molar-refractivity contribution in [2.24, 2.45) is 0 Å². The molecule has 0 spiro atoms. The van der Waals surface area contributed by atoms with Gasteiger partial charge in [0.15, 0.2) is 0 Å². The molecule has 2 heterocycles. The summed E-state index contributed by atoms with van der Waals surface area (Å²) in [4.78, 5) is 7.05. The molecule has 0 bridgehead atoms. The van der Waals surface area contributed by atoms with E-state index in [1.165, 1.54) is 11.1 Å². The van der Waals surface area contributed by atoms with Crippen molar-refractivity contribution in [2.75, 3.05) is 7.11 Å². The summed E-state index contributed by atoms with van der Waals surface area (Å²) in [7, 11) is 1.70. The van der Waals surface area contributed by atoms with Crippen molar-refractivity contribution < 1.29 is 4.74 Å². The molecule has 0 amide bonds. The van der Waals surface area contributed by atoms with Crippen LogP contribution >= 0.6 is 0 Å². The second-order valence-corrected chi connectivity index (χ2v) is 6.82. The molecule has 28 heavy (non-hydrogen) atoms. The molecule has 0 saturated carbocycles. The minimum absolute atomic E-state index is 0.855. The van der Waals surface area contributed by atoms with Gasteiger partial charge in [-0.3, -0.25) is 0 Å². The fourth-order valence-corrected chi connectivity index (χ4v) is 3.72. The zero-order chi connectivity index (χ0) is 18.9. The fourth-order valence-electron chi connectivity index (χ4n) is 3.72. The van der Waals surface area contributed by atoms with Gasteiger partial charge in [-0.2, -0.15) is 0 Å². The molecular weight excluding hydrogens is 344 g/mol.